The predicted molar refractivity (Wildman–Crippen MR) is 81.9 cm³/mol. The van der Waals surface area contributed by atoms with Gasteiger partial charge in [0.25, 0.3) is 0 Å². The van der Waals surface area contributed by atoms with E-state index in [4.69, 9.17) is 0 Å². The minimum atomic E-state index is -0.274. The van der Waals surface area contributed by atoms with Gasteiger partial charge in [0, 0.05) is 10.3 Å². The number of hydrogen-bond acceptors (Lipinski definition) is 3. The van der Waals surface area contributed by atoms with Crippen molar-refractivity contribution >= 4 is 24.3 Å². The fraction of sp³-hybridized carbons (Fsp3) is 0.250. The highest BCUT2D eigenvalue weighted by Gasteiger charge is 2.30. The molecule has 0 spiro atoms. The maximum Gasteiger partial charge on any atom is 0.0945 e. The quantitative estimate of drug-likeness (QED) is 0.574. The van der Waals surface area contributed by atoms with Crippen LogP contribution in [-0.4, -0.2) is 0 Å². The second-order valence-corrected chi connectivity index (χ2v) is 5.87. The summed E-state index contributed by atoms with van der Waals surface area (Å²) in [6, 6.07) is 6.17. The third-order valence-corrected chi connectivity index (χ3v) is 4.33. The first-order valence-electron chi connectivity index (χ1n) is 6.40. The summed E-state index contributed by atoms with van der Waals surface area (Å²) in [5, 5.41) is 3.22. The average molecular weight is 269 g/mol. The van der Waals surface area contributed by atoms with Crippen molar-refractivity contribution in [3.63, 3.8) is 0 Å². The molecular weight excluding hydrogens is 254 g/mol. The molecule has 2 aliphatic rings. The van der Waals surface area contributed by atoms with Gasteiger partial charge in [0.15, 0.2) is 0 Å². The lowest BCUT2D eigenvalue weighted by Gasteiger charge is -2.26. The Bertz CT molecular complexity index is 642. The zero-order valence-electron chi connectivity index (χ0n) is 10.8. The van der Waals surface area contributed by atoms with E-state index in [1.807, 2.05) is 18.2 Å². The van der Waals surface area contributed by atoms with Gasteiger partial charge >= 0.3 is 0 Å². The lowest BCUT2D eigenvalue weighted by Crippen LogP contribution is -2.15. The normalized spacial score (nSPS) is 24.7. The third kappa shape index (κ3) is 2.08. The molecule has 3 rings (SSSR count). The first-order valence-corrected chi connectivity index (χ1v) is 6.84. The van der Waals surface area contributed by atoms with Gasteiger partial charge in [0.2, 0.25) is 0 Å². The molecule has 2 nitrogen and oxygen atoms in total. The van der Waals surface area contributed by atoms with Gasteiger partial charge in [0.1, 0.15) is 0 Å². The zero-order valence-corrected chi connectivity index (χ0v) is 11.7. The molecule has 2 aliphatic carbocycles. The topological polar surface area (TPSA) is 29.4 Å². The Balaban J connectivity index is 2.25. The number of allylic oxidation sites excluding steroid dienone is 4. The second kappa shape index (κ2) is 4.49. The molecule has 0 amide bonds. The highest BCUT2D eigenvalue weighted by molar-refractivity contribution is 7.80. The smallest absolute Gasteiger partial charge is 0.0945 e. The zero-order chi connectivity index (χ0) is 13.5. The van der Waals surface area contributed by atoms with Crippen LogP contribution in [0.2, 0.25) is 0 Å². The molecule has 0 aliphatic heterocycles. The van der Waals surface area contributed by atoms with Gasteiger partial charge in [-0.15, -0.1) is 17.5 Å². The number of nitroso groups, excluding NO2 is 1. The summed E-state index contributed by atoms with van der Waals surface area (Å²) < 4.78 is 0. The van der Waals surface area contributed by atoms with Crippen LogP contribution in [0.25, 0.3) is 11.6 Å². The van der Waals surface area contributed by atoms with Crippen LogP contribution < -0.4 is 0 Å². The summed E-state index contributed by atoms with van der Waals surface area (Å²) >= 11 is 4.40. The van der Waals surface area contributed by atoms with E-state index in [1.165, 1.54) is 11.1 Å². The summed E-state index contributed by atoms with van der Waals surface area (Å²) in [5.41, 5.74) is 3.98. The van der Waals surface area contributed by atoms with Crippen LogP contribution in [0.1, 0.15) is 30.9 Å². The molecule has 0 radical (unpaired) electrons. The number of benzene rings is 1. The molecule has 96 valence electrons. The van der Waals surface area contributed by atoms with Crippen LogP contribution in [0.5, 0.6) is 0 Å². The molecule has 3 heteroatoms. The summed E-state index contributed by atoms with van der Waals surface area (Å²) in [6.07, 6.45) is 9.95. The number of thiol groups is 1. The first-order chi connectivity index (χ1) is 9.12. The average Bonchev–Trinajstić information content (AvgIpc) is 2.52. The Kier molecular flexibility index (Phi) is 2.94. The summed E-state index contributed by atoms with van der Waals surface area (Å²) in [6.45, 7) is 2.07. The molecule has 0 fully saturated rings. The second-order valence-electron chi connectivity index (χ2n) is 5.36. The van der Waals surface area contributed by atoms with Gasteiger partial charge in [-0.2, -0.15) is 0 Å². The number of rotatable bonds is 1. The van der Waals surface area contributed by atoms with E-state index in [1.54, 1.807) is 0 Å². The van der Waals surface area contributed by atoms with Gasteiger partial charge in [-0.25, -0.2) is 0 Å². The number of fused-ring (bicyclic) bond motifs is 5. The Morgan fingerprint density at radius 3 is 2.95 bits per heavy atom. The molecule has 0 N–H and O–H groups in total. The van der Waals surface area contributed by atoms with E-state index >= 15 is 0 Å². The standard InChI is InChI=1S/C16H15NOS/c1-16-8-6-11(2-5-15(16)17-18)14-4-3-13(19)10-12(14)7-9-16/h2-5,7,9-10,19H,6,8H2,1H3. The van der Waals surface area contributed by atoms with E-state index < -0.39 is 0 Å². The van der Waals surface area contributed by atoms with Crippen LogP contribution in [0.3, 0.4) is 0 Å². The van der Waals surface area contributed by atoms with Crippen molar-refractivity contribution in [2.45, 2.75) is 24.7 Å². The molecule has 1 aromatic rings. The predicted octanol–water partition coefficient (Wildman–Crippen LogP) is 4.84. The van der Waals surface area contributed by atoms with Gasteiger partial charge in [-0.05, 0) is 52.9 Å². The minimum Gasteiger partial charge on any atom is -0.145 e. The van der Waals surface area contributed by atoms with Gasteiger partial charge in [0.05, 0.1) is 5.70 Å². The van der Waals surface area contributed by atoms with Crippen LogP contribution in [0.15, 0.2) is 52.2 Å². The van der Waals surface area contributed by atoms with Crippen LogP contribution in [0, 0.1) is 10.3 Å². The molecular formula is C16H15NOS. The fourth-order valence-corrected chi connectivity index (χ4v) is 2.97. The Labute approximate surface area is 118 Å². The third-order valence-electron chi connectivity index (χ3n) is 4.05. The molecule has 1 aromatic carbocycles. The molecule has 1 unspecified atom stereocenters. The molecule has 19 heavy (non-hydrogen) atoms. The Morgan fingerprint density at radius 1 is 1.32 bits per heavy atom. The summed E-state index contributed by atoms with van der Waals surface area (Å²) in [4.78, 5) is 12.0. The lowest BCUT2D eigenvalue weighted by molar-refractivity contribution is 0.474. The first kappa shape index (κ1) is 12.4. The van der Waals surface area contributed by atoms with E-state index in [2.05, 4.69) is 49.0 Å². The van der Waals surface area contributed by atoms with Gasteiger partial charge in [-0.3, -0.25) is 0 Å². The van der Waals surface area contributed by atoms with E-state index in [9.17, 15) is 4.91 Å². The van der Waals surface area contributed by atoms with Crippen LogP contribution >= 0.6 is 12.6 Å². The van der Waals surface area contributed by atoms with Gasteiger partial charge < -0.3 is 0 Å². The summed E-state index contributed by atoms with van der Waals surface area (Å²) in [7, 11) is 0. The monoisotopic (exact) mass is 269 g/mol. The number of hydrogen-bond donors (Lipinski definition) is 1. The maximum atomic E-state index is 11.1. The van der Waals surface area contributed by atoms with E-state index in [0.29, 0.717) is 5.70 Å². The van der Waals surface area contributed by atoms with Crippen molar-refractivity contribution in [3.8, 4) is 0 Å². The van der Waals surface area contributed by atoms with E-state index in [-0.39, 0.29) is 5.41 Å². The van der Waals surface area contributed by atoms with Crippen LogP contribution in [0.4, 0.5) is 0 Å². The van der Waals surface area contributed by atoms with Crippen molar-refractivity contribution in [1.29, 1.82) is 0 Å². The Hall–Kier alpha value is -1.61. The largest absolute Gasteiger partial charge is 0.145 e. The maximum absolute atomic E-state index is 11.1. The molecule has 1 atom stereocenters. The highest BCUT2D eigenvalue weighted by atomic mass is 32.1. The van der Waals surface area contributed by atoms with Crippen LogP contribution in [-0.2, 0) is 0 Å². The summed E-state index contributed by atoms with van der Waals surface area (Å²) in [5.74, 6) is 0. The highest BCUT2D eigenvalue weighted by Crippen LogP contribution is 2.43. The molecule has 0 heterocycles. The van der Waals surface area contributed by atoms with Gasteiger partial charge in [-0.1, -0.05) is 31.2 Å². The molecule has 0 saturated heterocycles. The van der Waals surface area contributed by atoms with Crippen molar-refractivity contribution in [2.24, 2.45) is 10.6 Å². The Morgan fingerprint density at radius 2 is 2.16 bits per heavy atom. The van der Waals surface area contributed by atoms with Crippen molar-refractivity contribution in [2.75, 3.05) is 0 Å². The molecule has 2 bridgehead atoms. The van der Waals surface area contributed by atoms with E-state index in [0.717, 1.165) is 23.3 Å². The molecule has 0 saturated carbocycles. The van der Waals surface area contributed by atoms with Crippen molar-refractivity contribution < 1.29 is 0 Å². The lowest BCUT2D eigenvalue weighted by atomic mass is 9.79. The van der Waals surface area contributed by atoms with Crippen molar-refractivity contribution in [1.82, 2.24) is 0 Å². The SMILES string of the molecule is CC12C=Cc3cc(S)ccc3C(=CC=C1N=O)CC2. The van der Waals surface area contributed by atoms with Crippen molar-refractivity contribution in [3.05, 3.63) is 58.2 Å². The molecule has 0 aromatic heterocycles. The minimum absolute atomic E-state index is 0.274. The number of nitrogens with zero attached hydrogens (tertiary/aromatic N) is 1. The fourth-order valence-electron chi connectivity index (χ4n) is 2.76.